The zero-order valence-electron chi connectivity index (χ0n) is 55.8. The van der Waals surface area contributed by atoms with Gasteiger partial charge in [-0.05, 0) is 66.1 Å². The standard InChI is InChI=1S/C66H119N3O20S/c1-5-6-7-8-9-10-11-12-16-23-64(75)68-61(66(67)77)22-15-13-14-19-58(72)26-29-79-31-33-81-35-37-83-39-41-85-43-45-87-47-49-89-51-50-88-48-46-86-44-42-84-40-38-82-36-34-80-32-30-78-28-18-21-57(71)24-25-60-62(74)53-63(65(60)76)90-54-56(55(2)70)52-59(73)20-17-27-69(3)4/h56,60-61,63H,5-54H2,1-4H3,(H2,67,77)(H,68,75)/t56-,60?,61?,63?/m0/s1. The van der Waals surface area contributed by atoms with E-state index in [0.717, 1.165) is 45.1 Å². The number of Topliss-reactive ketones (excluding diaryl/α,β-unsaturated/α-hetero) is 6. The lowest BCUT2D eigenvalue weighted by Gasteiger charge is -2.16. The molecule has 0 bridgehead atoms. The van der Waals surface area contributed by atoms with Gasteiger partial charge in [-0.25, -0.2) is 0 Å². The van der Waals surface area contributed by atoms with Crippen molar-refractivity contribution in [3.8, 4) is 0 Å². The van der Waals surface area contributed by atoms with Gasteiger partial charge >= 0.3 is 0 Å². The van der Waals surface area contributed by atoms with E-state index in [2.05, 4.69) is 12.2 Å². The molecule has 2 amide bonds. The van der Waals surface area contributed by atoms with Crippen molar-refractivity contribution in [2.45, 2.75) is 179 Å². The summed E-state index contributed by atoms with van der Waals surface area (Å²) in [7, 11) is 3.89. The van der Waals surface area contributed by atoms with Crippen LogP contribution in [0.5, 0.6) is 0 Å². The molecule has 1 saturated carbocycles. The van der Waals surface area contributed by atoms with Crippen LogP contribution in [0.2, 0.25) is 0 Å². The Morgan fingerprint density at radius 1 is 0.478 bits per heavy atom. The molecule has 4 atom stereocenters. The van der Waals surface area contributed by atoms with Gasteiger partial charge < -0.3 is 72.8 Å². The van der Waals surface area contributed by atoms with Crippen LogP contribution in [0.1, 0.15) is 168 Å². The normalized spacial score (nSPS) is 14.9. The molecular weight excluding hydrogens is 1190 g/mol. The van der Waals surface area contributed by atoms with Gasteiger partial charge in [-0.2, -0.15) is 0 Å². The van der Waals surface area contributed by atoms with Gasteiger partial charge in [0.2, 0.25) is 11.8 Å². The maximum Gasteiger partial charge on any atom is 0.239 e. The zero-order valence-corrected chi connectivity index (χ0v) is 56.6. The van der Waals surface area contributed by atoms with Crippen molar-refractivity contribution < 1.29 is 95.2 Å². The highest BCUT2D eigenvalue weighted by Crippen LogP contribution is 2.33. The first-order chi connectivity index (χ1) is 43.7. The third-order valence-corrected chi connectivity index (χ3v) is 16.1. The molecule has 23 nitrogen and oxygen atoms in total. The fourth-order valence-electron chi connectivity index (χ4n) is 9.40. The van der Waals surface area contributed by atoms with Crippen LogP contribution < -0.4 is 11.1 Å². The summed E-state index contributed by atoms with van der Waals surface area (Å²) in [6.45, 7) is 14.8. The topological polar surface area (TPSA) is 289 Å². The zero-order chi connectivity index (χ0) is 65.8. The van der Waals surface area contributed by atoms with Crippen LogP contribution >= 0.6 is 11.8 Å². The molecule has 0 radical (unpaired) electrons. The molecule has 1 rings (SSSR count). The van der Waals surface area contributed by atoms with Gasteiger partial charge in [0.05, 0.1) is 163 Å². The summed E-state index contributed by atoms with van der Waals surface area (Å²) in [4.78, 5) is 101. The molecule has 24 heteroatoms. The number of ether oxygens (including phenoxy) is 12. The van der Waals surface area contributed by atoms with Crippen molar-refractivity contribution in [1.82, 2.24) is 10.2 Å². The first-order valence-corrected chi connectivity index (χ1v) is 34.7. The molecule has 3 unspecified atom stereocenters. The number of thioether (sulfide) groups is 1. The molecule has 524 valence electrons. The number of carbonyl (C=O) groups excluding carboxylic acids is 8. The Bertz CT molecular complexity index is 1840. The van der Waals surface area contributed by atoms with Crippen LogP contribution in [0.25, 0.3) is 0 Å². The minimum Gasteiger partial charge on any atom is -0.379 e. The van der Waals surface area contributed by atoms with Crippen molar-refractivity contribution in [2.75, 3.05) is 185 Å². The number of hydrogen-bond donors (Lipinski definition) is 2. The second kappa shape index (κ2) is 61.9. The molecule has 1 aliphatic carbocycles. The fraction of sp³-hybridized carbons (Fsp3) is 0.879. The second-order valence-corrected chi connectivity index (χ2v) is 24.2. The Morgan fingerprint density at radius 3 is 1.31 bits per heavy atom. The molecule has 0 spiro atoms. The van der Waals surface area contributed by atoms with E-state index in [4.69, 9.17) is 62.6 Å². The molecule has 1 aliphatic rings. The number of unbranched alkanes of at least 4 members (excludes halogenated alkanes) is 10. The van der Waals surface area contributed by atoms with Gasteiger partial charge in [-0.1, -0.05) is 71.1 Å². The molecule has 0 saturated heterocycles. The highest BCUT2D eigenvalue weighted by molar-refractivity contribution is 8.00. The van der Waals surface area contributed by atoms with Crippen molar-refractivity contribution in [1.29, 1.82) is 0 Å². The third-order valence-electron chi connectivity index (χ3n) is 14.8. The van der Waals surface area contributed by atoms with Crippen molar-refractivity contribution >= 4 is 58.3 Å². The average molecular weight is 1310 g/mol. The fourth-order valence-corrected chi connectivity index (χ4v) is 10.8. The number of carbonyl (C=O) groups is 8. The number of amides is 2. The van der Waals surface area contributed by atoms with Gasteiger partial charge in [0.1, 0.15) is 35.0 Å². The number of nitrogens with zero attached hydrogens (tertiary/aromatic N) is 1. The number of nitrogens with two attached hydrogens (primary N) is 1. The summed E-state index contributed by atoms with van der Waals surface area (Å²) in [6, 6.07) is -0.668. The van der Waals surface area contributed by atoms with Crippen LogP contribution in [0.3, 0.4) is 0 Å². The maximum atomic E-state index is 13.0. The molecule has 0 aromatic carbocycles. The molecule has 90 heavy (non-hydrogen) atoms. The molecular formula is C66H119N3O20S. The van der Waals surface area contributed by atoms with E-state index in [1.807, 2.05) is 19.0 Å². The number of primary amides is 1. The summed E-state index contributed by atoms with van der Waals surface area (Å²) in [6.07, 6.45) is 17.1. The Labute approximate surface area is 543 Å². The molecule has 0 aromatic heterocycles. The average Bonchev–Trinajstić information content (AvgIpc) is 3.29. The predicted octanol–water partition coefficient (Wildman–Crippen LogP) is 6.88. The highest BCUT2D eigenvalue weighted by atomic mass is 32.2. The van der Waals surface area contributed by atoms with E-state index in [1.165, 1.54) is 57.2 Å². The molecule has 0 heterocycles. The lowest BCUT2D eigenvalue weighted by molar-refractivity contribution is -0.128. The van der Waals surface area contributed by atoms with Gasteiger partial charge in [-0.3, -0.25) is 38.4 Å². The lowest BCUT2D eigenvalue weighted by atomic mass is 9.97. The van der Waals surface area contributed by atoms with Gasteiger partial charge in [0, 0.05) is 69.6 Å². The van der Waals surface area contributed by atoms with E-state index in [1.54, 1.807) is 0 Å². The number of hydrogen-bond acceptors (Lipinski definition) is 22. The number of rotatable bonds is 71. The third kappa shape index (κ3) is 53.2. The summed E-state index contributed by atoms with van der Waals surface area (Å²) in [5.74, 6) is -1.85. The Kier molecular flexibility index (Phi) is 58.4. The minimum absolute atomic E-state index is 0.0163. The van der Waals surface area contributed by atoms with E-state index in [9.17, 15) is 38.4 Å². The SMILES string of the molecule is CCCCCCCCCCCC(=O)NC(CCCCCC(=O)CCOCCOCCOCCOCCOCCOCCOCCOCCOCCOCCOCCOCCCC(=O)CCC1C(=O)CC(SC[C@H](CC(=O)CCCN(C)C)C(C)=O)C1=O)C(N)=O. The first-order valence-electron chi connectivity index (χ1n) is 33.6. The van der Waals surface area contributed by atoms with Gasteiger partial charge in [0.15, 0.2) is 5.78 Å². The summed E-state index contributed by atoms with van der Waals surface area (Å²) in [5, 5.41) is 2.26. The second-order valence-electron chi connectivity index (χ2n) is 22.9. The quantitative estimate of drug-likeness (QED) is 0.0463. The number of ketones is 6. The summed E-state index contributed by atoms with van der Waals surface area (Å²) >= 11 is 1.28. The minimum atomic E-state index is -0.787. The highest BCUT2D eigenvalue weighted by Gasteiger charge is 2.41. The van der Waals surface area contributed by atoms with Crippen molar-refractivity contribution in [3.63, 3.8) is 0 Å². The van der Waals surface area contributed by atoms with Crippen molar-refractivity contribution in [3.05, 3.63) is 0 Å². The van der Waals surface area contributed by atoms with Crippen LogP contribution in [-0.4, -0.2) is 248 Å². The molecule has 0 aromatic rings. The molecule has 1 fully saturated rings. The Morgan fingerprint density at radius 2 is 0.867 bits per heavy atom. The van der Waals surface area contributed by atoms with E-state index >= 15 is 0 Å². The largest absolute Gasteiger partial charge is 0.379 e. The number of nitrogens with one attached hydrogen (secondary N) is 1. The van der Waals surface area contributed by atoms with Crippen LogP contribution in [0.15, 0.2) is 0 Å². The maximum absolute atomic E-state index is 13.0. The molecule has 0 aliphatic heterocycles. The van der Waals surface area contributed by atoms with E-state index < -0.39 is 29.0 Å². The van der Waals surface area contributed by atoms with E-state index in [-0.39, 0.29) is 66.3 Å². The van der Waals surface area contributed by atoms with Crippen LogP contribution in [-0.2, 0) is 95.2 Å². The first kappa shape index (κ1) is 84.8. The Balaban J connectivity index is 1.78. The van der Waals surface area contributed by atoms with Crippen LogP contribution in [0.4, 0.5) is 0 Å². The van der Waals surface area contributed by atoms with Crippen LogP contribution in [0, 0.1) is 11.8 Å². The van der Waals surface area contributed by atoms with E-state index in [0.29, 0.717) is 216 Å². The summed E-state index contributed by atoms with van der Waals surface area (Å²) in [5.41, 5.74) is 5.54. The Hall–Kier alpha value is -3.21. The van der Waals surface area contributed by atoms with Gasteiger partial charge in [-0.15, -0.1) is 11.8 Å². The van der Waals surface area contributed by atoms with Crippen molar-refractivity contribution in [2.24, 2.45) is 17.6 Å². The van der Waals surface area contributed by atoms with Gasteiger partial charge in [0.25, 0.3) is 0 Å². The predicted molar refractivity (Wildman–Crippen MR) is 345 cm³/mol. The smallest absolute Gasteiger partial charge is 0.239 e. The summed E-state index contributed by atoms with van der Waals surface area (Å²) < 4.78 is 66.4. The monoisotopic (exact) mass is 1310 g/mol. The lowest BCUT2D eigenvalue weighted by Crippen LogP contribution is -2.44. The molecule has 3 N–H and O–H groups in total.